The summed E-state index contributed by atoms with van der Waals surface area (Å²) in [4.78, 5) is 14.1. The molecule has 2 saturated heterocycles. The predicted octanol–water partition coefficient (Wildman–Crippen LogP) is 0.329. The van der Waals surface area contributed by atoms with Crippen LogP contribution in [0.2, 0.25) is 0 Å². The number of nitrogens with one attached hydrogen (secondary N) is 1. The summed E-state index contributed by atoms with van der Waals surface area (Å²) < 4.78 is 40.3. The Morgan fingerprint density at radius 1 is 1.22 bits per heavy atom. The number of aryl methyl sites for hydroxylation is 1. The normalized spacial score (nSPS) is 23.9. The molecule has 0 radical (unpaired) electrons. The molecule has 6 nitrogen and oxygen atoms in total. The summed E-state index contributed by atoms with van der Waals surface area (Å²) in [5.74, 6) is -0.457. The van der Waals surface area contributed by atoms with Crippen molar-refractivity contribution in [1.82, 2.24) is 14.5 Å². The van der Waals surface area contributed by atoms with Crippen LogP contribution in [0.25, 0.3) is 0 Å². The average Bonchev–Trinajstić information content (AvgIpc) is 2.74. The number of carbonyl (C=O) groups excluding carboxylic acids is 1. The maximum Gasteiger partial charge on any atom is 0.243 e. The summed E-state index contributed by atoms with van der Waals surface area (Å²) in [5, 5.41) is 2.82. The van der Waals surface area contributed by atoms with Gasteiger partial charge in [-0.3, -0.25) is 9.69 Å². The van der Waals surface area contributed by atoms with Gasteiger partial charge in [0.1, 0.15) is 5.82 Å². The lowest BCUT2D eigenvalue weighted by atomic mass is 10.1. The Morgan fingerprint density at radius 2 is 2.00 bits per heavy atom. The van der Waals surface area contributed by atoms with Gasteiger partial charge in [0.25, 0.3) is 0 Å². The molecular weight excluding hydrogens is 321 g/mol. The number of benzene rings is 1. The van der Waals surface area contributed by atoms with Gasteiger partial charge in [-0.25, -0.2) is 12.8 Å². The highest BCUT2D eigenvalue weighted by Crippen LogP contribution is 2.22. The van der Waals surface area contributed by atoms with E-state index in [0.29, 0.717) is 31.6 Å². The van der Waals surface area contributed by atoms with Crippen molar-refractivity contribution in [3.05, 3.63) is 29.6 Å². The molecule has 1 amide bonds. The van der Waals surface area contributed by atoms with E-state index < -0.39 is 15.8 Å². The molecule has 2 fully saturated rings. The van der Waals surface area contributed by atoms with Crippen molar-refractivity contribution in [3.63, 3.8) is 0 Å². The zero-order valence-electron chi connectivity index (χ0n) is 13.0. The van der Waals surface area contributed by atoms with Crippen LogP contribution in [0, 0.1) is 12.7 Å². The molecule has 1 aromatic rings. The third-order valence-corrected chi connectivity index (χ3v) is 6.39. The highest BCUT2D eigenvalue weighted by Gasteiger charge is 2.35. The molecule has 0 saturated carbocycles. The van der Waals surface area contributed by atoms with Crippen LogP contribution in [0.1, 0.15) is 12.0 Å². The number of halogens is 1. The second kappa shape index (κ2) is 6.18. The number of hydrogen-bond donors (Lipinski definition) is 1. The molecule has 1 atom stereocenters. The fourth-order valence-electron chi connectivity index (χ4n) is 3.13. The molecule has 1 unspecified atom stereocenters. The average molecular weight is 341 g/mol. The van der Waals surface area contributed by atoms with Gasteiger partial charge < -0.3 is 5.32 Å². The van der Waals surface area contributed by atoms with E-state index in [1.165, 1.54) is 22.5 Å². The minimum Gasteiger partial charge on any atom is -0.353 e. The smallest absolute Gasteiger partial charge is 0.243 e. The zero-order valence-corrected chi connectivity index (χ0v) is 13.8. The first-order valence-corrected chi connectivity index (χ1v) is 9.11. The first kappa shape index (κ1) is 16.4. The van der Waals surface area contributed by atoms with Crippen LogP contribution in [0.15, 0.2) is 23.1 Å². The van der Waals surface area contributed by atoms with E-state index in [9.17, 15) is 17.6 Å². The topological polar surface area (TPSA) is 69.7 Å². The van der Waals surface area contributed by atoms with Crippen LogP contribution in [-0.2, 0) is 14.8 Å². The maximum absolute atomic E-state index is 13.4. The summed E-state index contributed by atoms with van der Waals surface area (Å²) in [5.41, 5.74) is 0.303. The Morgan fingerprint density at radius 3 is 2.74 bits per heavy atom. The van der Waals surface area contributed by atoms with Crippen molar-refractivity contribution in [2.45, 2.75) is 24.3 Å². The standard InChI is InChI=1S/C15H20FN3O3S/c1-11-10-12(2-3-13(11)16)23(21,22)19-6-4-14-15(20)17-5-7-18(14)8-9-19/h2-3,10,14H,4-9H2,1H3,(H,17,20). The van der Waals surface area contributed by atoms with Gasteiger partial charge in [-0.1, -0.05) is 0 Å². The van der Waals surface area contributed by atoms with Crippen molar-refractivity contribution >= 4 is 15.9 Å². The van der Waals surface area contributed by atoms with Gasteiger partial charge in [0.15, 0.2) is 0 Å². The van der Waals surface area contributed by atoms with Gasteiger partial charge in [-0.2, -0.15) is 4.31 Å². The molecule has 2 aliphatic rings. The molecule has 0 bridgehead atoms. The maximum atomic E-state index is 13.4. The third-order valence-electron chi connectivity index (χ3n) is 4.50. The van der Waals surface area contributed by atoms with Crippen molar-refractivity contribution in [1.29, 1.82) is 0 Å². The lowest BCUT2D eigenvalue weighted by molar-refractivity contribution is -0.128. The third kappa shape index (κ3) is 3.11. The van der Waals surface area contributed by atoms with Crippen molar-refractivity contribution < 1.29 is 17.6 Å². The summed E-state index contributed by atoms with van der Waals surface area (Å²) in [6.45, 7) is 4.02. The molecule has 0 aromatic heterocycles. The van der Waals surface area contributed by atoms with Crippen molar-refractivity contribution in [2.75, 3.05) is 32.7 Å². The quantitative estimate of drug-likeness (QED) is 0.842. The van der Waals surface area contributed by atoms with Gasteiger partial charge in [0.05, 0.1) is 10.9 Å². The van der Waals surface area contributed by atoms with Gasteiger partial charge in [0, 0.05) is 32.7 Å². The van der Waals surface area contributed by atoms with E-state index in [-0.39, 0.29) is 23.4 Å². The number of rotatable bonds is 2. The molecule has 0 aliphatic carbocycles. The summed E-state index contributed by atoms with van der Waals surface area (Å²) >= 11 is 0. The Hall–Kier alpha value is -1.51. The number of piperazine rings is 1. The molecule has 0 spiro atoms. The Bertz CT molecular complexity index is 723. The van der Waals surface area contributed by atoms with E-state index in [1.54, 1.807) is 6.92 Å². The van der Waals surface area contributed by atoms with Crippen molar-refractivity contribution in [2.24, 2.45) is 0 Å². The number of nitrogens with zero attached hydrogens (tertiary/aromatic N) is 2. The number of hydrogen-bond acceptors (Lipinski definition) is 4. The number of fused-ring (bicyclic) bond motifs is 1. The monoisotopic (exact) mass is 341 g/mol. The van der Waals surface area contributed by atoms with Crippen LogP contribution < -0.4 is 5.32 Å². The first-order valence-electron chi connectivity index (χ1n) is 7.67. The SMILES string of the molecule is Cc1cc(S(=O)(=O)N2CCC3C(=O)NCCN3CC2)ccc1F. The number of sulfonamides is 1. The molecule has 1 aromatic carbocycles. The highest BCUT2D eigenvalue weighted by atomic mass is 32.2. The lowest BCUT2D eigenvalue weighted by Gasteiger charge is -2.32. The number of carbonyl (C=O) groups is 1. The Labute approximate surface area is 135 Å². The van der Waals surface area contributed by atoms with Crippen LogP contribution >= 0.6 is 0 Å². The van der Waals surface area contributed by atoms with Gasteiger partial charge in [-0.05, 0) is 37.1 Å². The van der Waals surface area contributed by atoms with E-state index in [4.69, 9.17) is 0 Å². The van der Waals surface area contributed by atoms with Crippen molar-refractivity contribution in [3.8, 4) is 0 Å². The highest BCUT2D eigenvalue weighted by molar-refractivity contribution is 7.89. The molecule has 3 rings (SSSR count). The predicted molar refractivity (Wildman–Crippen MR) is 82.9 cm³/mol. The Kier molecular flexibility index (Phi) is 4.39. The van der Waals surface area contributed by atoms with Crippen LogP contribution in [-0.4, -0.2) is 62.3 Å². The fourth-order valence-corrected chi connectivity index (χ4v) is 4.66. The number of amides is 1. The second-order valence-corrected chi connectivity index (χ2v) is 7.88. The summed E-state index contributed by atoms with van der Waals surface area (Å²) in [6, 6.07) is 3.56. The fraction of sp³-hybridized carbons (Fsp3) is 0.533. The van der Waals surface area contributed by atoms with Crippen LogP contribution in [0.4, 0.5) is 4.39 Å². The molecule has 2 heterocycles. The molecule has 8 heteroatoms. The first-order chi connectivity index (χ1) is 10.9. The van der Waals surface area contributed by atoms with E-state index in [1.807, 2.05) is 4.90 Å². The second-order valence-electron chi connectivity index (χ2n) is 5.95. The summed E-state index contributed by atoms with van der Waals surface area (Å²) in [7, 11) is -3.68. The zero-order chi connectivity index (χ0) is 16.6. The van der Waals surface area contributed by atoms with E-state index in [0.717, 1.165) is 6.54 Å². The molecule has 1 N–H and O–H groups in total. The molecule has 2 aliphatic heterocycles. The van der Waals surface area contributed by atoms with Crippen LogP contribution in [0.3, 0.4) is 0 Å². The lowest BCUT2D eigenvalue weighted by Crippen LogP contribution is -2.55. The minimum absolute atomic E-state index is 0.0341. The van der Waals surface area contributed by atoms with E-state index >= 15 is 0 Å². The van der Waals surface area contributed by atoms with Crippen LogP contribution in [0.5, 0.6) is 0 Å². The van der Waals surface area contributed by atoms with Gasteiger partial charge in [0.2, 0.25) is 15.9 Å². The summed E-state index contributed by atoms with van der Waals surface area (Å²) in [6.07, 6.45) is 0.464. The molecule has 23 heavy (non-hydrogen) atoms. The van der Waals surface area contributed by atoms with Gasteiger partial charge in [-0.15, -0.1) is 0 Å². The van der Waals surface area contributed by atoms with E-state index in [2.05, 4.69) is 5.32 Å². The molecule has 126 valence electrons. The van der Waals surface area contributed by atoms with Gasteiger partial charge >= 0.3 is 0 Å². The largest absolute Gasteiger partial charge is 0.353 e. The Balaban J connectivity index is 1.83. The molecular formula is C15H20FN3O3S. The minimum atomic E-state index is -3.68.